The van der Waals surface area contributed by atoms with Crippen molar-refractivity contribution in [3.63, 3.8) is 0 Å². The maximum Gasteiger partial charge on any atom is 0.325 e. The van der Waals surface area contributed by atoms with Gasteiger partial charge in [0.25, 0.3) is 0 Å². The molecule has 0 spiro atoms. The van der Waals surface area contributed by atoms with Gasteiger partial charge in [-0.25, -0.2) is 4.98 Å². The third-order valence-corrected chi connectivity index (χ3v) is 2.03. The summed E-state index contributed by atoms with van der Waals surface area (Å²) >= 11 is 11.4. The lowest BCUT2D eigenvalue weighted by Crippen LogP contribution is -2.25. The number of anilines is 1. The van der Waals surface area contributed by atoms with E-state index in [9.17, 15) is 4.79 Å². The van der Waals surface area contributed by atoms with Crippen LogP contribution in [-0.4, -0.2) is 22.1 Å². The minimum Gasteiger partial charge on any atom is -0.480 e. The van der Waals surface area contributed by atoms with E-state index in [4.69, 9.17) is 28.3 Å². The van der Waals surface area contributed by atoms with Crippen LogP contribution in [0.15, 0.2) is 12.3 Å². The summed E-state index contributed by atoms with van der Waals surface area (Å²) in [5, 5.41) is 12.0. The highest BCUT2D eigenvalue weighted by Crippen LogP contribution is 2.22. The molecule has 1 aromatic heterocycles. The Morgan fingerprint density at radius 3 is 2.79 bits per heavy atom. The Morgan fingerprint density at radius 2 is 2.29 bits per heavy atom. The van der Waals surface area contributed by atoms with Crippen LogP contribution in [0.2, 0.25) is 10.0 Å². The lowest BCUT2D eigenvalue weighted by atomic mass is 10.3. The summed E-state index contributed by atoms with van der Waals surface area (Å²) in [5.74, 6) is -0.663. The molecule has 0 aliphatic heterocycles. The Kier molecular flexibility index (Phi) is 3.55. The summed E-state index contributed by atoms with van der Waals surface area (Å²) in [7, 11) is 0. The lowest BCUT2D eigenvalue weighted by molar-refractivity contribution is -0.137. The van der Waals surface area contributed by atoms with Gasteiger partial charge < -0.3 is 10.4 Å². The molecule has 0 saturated heterocycles. The number of carbonyl (C=O) groups is 1. The second-order valence-electron chi connectivity index (χ2n) is 2.69. The van der Waals surface area contributed by atoms with Gasteiger partial charge in [0.05, 0.1) is 10.0 Å². The van der Waals surface area contributed by atoms with Crippen LogP contribution >= 0.6 is 23.2 Å². The van der Waals surface area contributed by atoms with Crippen molar-refractivity contribution < 1.29 is 9.90 Å². The van der Waals surface area contributed by atoms with Gasteiger partial charge in [-0.1, -0.05) is 23.2 Å². The zero-order valence-electron chi connectivity index (χ0n) is 7.29. The molecule has 0 aliphatic carbocycles. The summed E-state index contributed by atoms with van der Waals surface area (Å²) in [5.41, 5.74) is 0. The molecule has 0 aliphatic rings. The topological polar surface area (TPSA) is 62.2 Å². The molecule has 0 unspecified atom stereocenters. The van der Waals surface area contributed by atoms with Crippen molar-refractivity contribution in [3.8, 4) is 0 Å². The number of halogens is 2. The highest BCUT2D eigenvalue weighted by atomic mass is 35.5. The number of nitrogens with one attached hydrogen (secondary N) is 1. The predicted octanol–water partition coefficient (Wildman–Crippen LogP) is 2.27. The highest BCUT2D eigenvalue weighted by molar-refractivity contribution is 6.36. The van der Waals surface area contributed by atoms with Crippen LogP contribution in [0.1, 0.15) is 6.92 Å². The molecule has 1 rings (SSSR count). The minimum atomic E-state index is -0.974. The van der Waals surface area contributed by atoms with Gasteiger partial charge in [-0.2, -0.15) is 0 Å². The average molecular weight is 235 g/mol. The largest absolute Gasteiger partial charge is 0.480 e. The van der Waals surface area contributed by atoms with Crippen molar-refractivity contribution in [2.75, 3.05) is 5.32 Å². The summed E-state index contributed by atoms with van der Waals surface area (Å²) < 4.78 is 0. The normalized spacial score (nSPS) is 12.2. The highest BCUT2D eigenvalue weighted by Gasteiger charge is 2.12. The molecule has 0 saturated carbocycles. The first-order valence-corrected chi connectivity index (χ1v) is 4.56. The Hall–Kier alpha value is -1.00. The van der Waals surface area contributed by atoms with E-state index in [0.29, 0.717) is 15.9 Å². The van der Waals surface area contributed by atoms with Gasteiger partial charge in [-0.3, -0.25) is 4.79 Å². The molecule has 0 radical (unpaired) electrons. The van der Waals surface area contributed by atoms with Crippen molar-refractivity contribution in [1.82, 2.24) is 4.98 Å². The van der Waals surface area contributed by atoms with Gasteiger partial charge in [-0.15, -0.1) is 0 Å². The summed E-state index contributed by atoms with van der Waals surface area (Å²) in [6, 6.07) is 0.744. The summed E-state index contributed by atoms with van der Waals surface area (Å²) in [4.78, 5) is 14.4. The molecule has 1 heterocycles. The van der Waals surface area contributed by atoms with Gasteiger partial charge in [0.2, 0.25) is 0 Å². The number of pyridine rings is 1. The van der Waals surface area contributed by atoms with E-state index >= 15 is 0 Å². The third-order valence-electron chi connectivity index (χ3n) is 1.53. The fourth-order valence-corrected chi connectivity index (χ4v) is 1.22. The average Bonchev–Trinajstić information content (AvgIpc) is 2.09. The Labute approximate surface area is 90.9 Å². The number of aromatic nitrogens is 1. The quantitative estimate of drug-likeness (QED) is 0.843. The minimum absolute atomic E-state index is 0.297. The number of aliphatic carboxylic acids is 1. The Bertz CT molecular complexity index is 357. The number of hydrogen-bond donors (Lipinski definition) is 2. The number of rotatable bonds is 3. The zero-order chi connectivity index (χ0) is 10.7. The van der Waals surface area contributed by atoms with E-state index in [2.05, 4.69) is 10.3 Å². The maximum atomic E-state index is 10.5. The van der Waals surface area contributed by atoms with E-state index in [1.807, 2.05) is 0 Å². The first-order valence-electron chi connectivity index (χ1n) is 3.81. The number of carboxylic acids is 1. The van der Waals surface area contributed by atoms with Crippen LogP contribution in [0.3, 0.4) is 0 Å². The van der Waals surface area contributed by atoms with E-state index in [-0.39, 0.29) is 0 Å². The molecular weight excluding hydrogens is 227 g/mol. The third kappa shape index (κ3) is 2.75. The Balaban J connectivity index is 2.82. The van der Waals surface area contributed by atoms with Crippen LogP contribution in [-0.2, 0) is 4.79 Å². The predicted molar refractivity (Wildman–Crippen MR) is 55.0 cm³/mol. The lowest BCUT2D eigenvalue weighted by Gasteiger charge is -2.10. The van der Waals surface area contributed by atoms with Crippen molar-refractivity contribution >= 4 is 35.0 Å². The van der Waals surface area contributed by atoms with E-state index in [1.54, 1.807) is 0 Å². The monoisotopic (exact) mass is 234 g/mol. The van der Waals surface area contributed by atoms with Crippen molar-refractivity contribution in [3.05, 3.63) is 22.3 Å². The molecule has 76 valence electrons. The summed E-state index contributed by atoms with van der Waals surface area (Å²) in [6.45, 7) is 1.49. The zero-order valence-corrected chi connectivity index (χ0v) is 8.80. The van der Waals surface area contributed by atoms with Crippen LogP contribution in [0.5, 0.6) is 0 Å². The molecule has 1 aromatic rings. The standard InChI is InChI=1S/C8H8Cl2N2O2/c1-4(8(13)14)12-7-6(10)2-5(9)3-11-7/h2-4H,1H3,(H,11,12)(H,13,14)/t4-/m0/s1. The van der Waals surface area contributed by atoms with Crippen molar-refractivity contribution in [2.24, 2.45) is 0 Å². The van der Waals surface area contributed by atoms with E-state index in [0.717, 1.165) is 0 Å². The molecule has 14 heavy (non-hydrogen) atoms. The second kappa shape index (κ2) is 4.48. The maximum absolute atomic E-state index is 10.5. The molecule has 0 amide bonds. The van der Waals surface area contributed by atoms with Gasteiger partial charge in [-0.05, 0) is 13.0 Å². The van der Waals surface area contributed by atoms with Crippen LogP contribution in [0.25, 0.3) is 0 Å². The number of carboxylic acid groups (broad SMARTS) is 1. The molecule has 0 bridgehead atoms. The molecular formula is C8H8Cl2N2O2. The molecule has 0 aromatic carbocycles. The first-order chi connectivity index (χ1) is 6.50. The fraction of sp³-hybridized carbons (Fsp3) is 0.250. The number of hydrogen-bond acceptors (Lipinski definition) is 3. The fourth-order valence-electron chi connectivity index (χ4n) is 0.788. The van der Waals surface area contributed by atoms with Crippen LogP contribution in [0, 0.1) is 0 Å². The molecule has 2 N–H and O–H groups in total. The van der Waals surface area contributed by atoms with Gasteiger partial charge in [0.1, 0.15) is 11.9 Å². The van der Waals surface area contributed by atoms with Crippen molar-refractivity contribution in [1.29, 1.82) is 0 Å². The van der Waals surface area contributed by atoms with Gasteiger partial charge in [0, 0.05) is 6.20 Å². The van der Waals surface area contributed by atoms with E-state index in [1.165, 1.54) is 19.2 Å². The van der Waals surface area contributed by atoms with Crippen LogP contribution in [0.4, 0.5) is 5.82 Å². The number of nitrogens with zero attached hydrogens (tertiary/aromatic N) is 1. The van der Waals surface area contributed by atoms with Crippen LogP contribution < -0.4 is 5.32 Å². The molecule has 4 nitrogen and oxygen atoms in total. The first kappa shape index (κ1) is 11.1. The smallest absolute Gasteiger partial charge is 0.325 e. The van der Waals surface area contributed by atoms with Gasteiger partial charge >= 0.3 is 5.97 Å². The van der Waals surface area contributed by atoms with E-state index < -0.39 is 12.0 Å². The molecule has 0 fully saturated rings. The second-order valence-corrected chi connectivity index (χ2v) is 3.53. The molecule has 6 heteroatoms. The molecule has 1 atom stereocenters. The SMILES string of the molecule is C[C@H](Nc1ncc(Cl)cc1Cl)C(=O)O. The Morgan fingerprint density at radius 1 is 1.64 bits per heavy atom. The summed E-state index contributed by atoms with van der Waals surface area (Å²) in [6.07, 6.45) is 1.39. The van der Waals surface area contributed by atoms with Crippen molar-refractivity contribution in [2.45, 2.75) is 13.0 Å². The van der Waals surface area contributed by atoms with Gasteiger partial charge in [0.15, 0.2) is 0 Å².